The van der Waals surface area contributed by atoms with Gasteiger partial charge in [0.25, 0.3) is 0 Å². The molecule has 0 aliphatic carbocycles. The molecule has 84 valence electrons. The van der Waals surface area contributed by atoms with Gasteiger partial charge in [-0.1, -0.05) is 29.8 Å². The normalized spacial score (nSPS) is 10.9. The number of halogens is 2. The maximum absolute atomic E-state index is 13.1. The lowest BCUT2D eigenvalue weighted by Gasteiger charge is -1.96. The van der Waals surface area contributed by atoms with Crippen LogP contribution in [0.4, 0.5) is 4.39 Å². The molecule has 0 saturated carbocycles. The van der Waals surface area contributed by atoms with Crippen LogP contribution in [0.5, 0.6) is 0 Å². The van der Waals surface area contributed by atoms with E-state index in [9.17, 15) is 4.39 Å². The smallest absolute Gasteiger partial charge is 0.123 e. The van der Waals surface area contributed by atoms with E-state index in [-0.39, 0.29) is 5.82 Å². The standard InChI is InChI=1S/C14H9ClFN/c15-12-5-2-6-13-11(12)8-14(17-13)9-3-1-4-10(16)7-9/h1-8,17H. The molecule has 0 unspecified atom stereocenters. The van der Waals surface area contributed by atoms with Crippen molar-refractivity contribution in [3.8, 4) is 11.3 Å². The zero-order valence-corrected chi connectivity index (χ0v) is 9.63. The van der Waals surface area contributed by atoms with Crippen molar-refractivity contribution < 1.29 is 4.39 Å². The molecule has 0 atom stereocenters. The van der Waals surface area contributed by atoms with Gasteiger partial charge in [0.15, 0.2) is 0 Å². The molecule has 0 aliphatic rings. The van der Waals surface area contributed by atoms with Crippen LogP contribution in [0.3, 0.4) is 0 Å². The first-order valence-corrected chi connectivity index (χ1v) is 5.65. The number of aromatic nitrogens is 1. The second kappa shape index (κ2) is 3.90. The van der Waals surface area contributed by atoms with E-state index in [2.05, 4.69) is 4.98 Å². The predicted molar refractivity (Wildman–Crippen MR) is 68.7 cm³/mol. The highest BCUT2D eigenvalue weighted by molar-refractivity contribution is 6.35. The predicted octanol–water partition coefficient (Wildman–Crippen LogP) is 4.63. The van der Waals surface area contributed by atoms with Gasteiger partial charge in [-0.05, 0) is 30.3 Å². The van der Waals surface area contributed by atoms with Crippen molar-refractivity contribution in [2.45, 2.75) is 0 Å². The van der Waals surface area contributed by atoms with Crippen LogP contribution < -0.4 is 0 Å². The van der Waals surface area contributed by atoms with Crippen LogP contribution in [0.2, 0.25) is 5.02 Å². The van der Waals surface area contributed by atoms with Crippen molar-refractivity contribution in [2.24, 2.45) is 0 Å². The molecule has 1 N–H and O–H groups in total. The van der Waals surface area contributed by atoms with Crippen LogP contribution in [0.25, 0.3) is 22.2 Å². The summed E-state index contributed by atoms with van der Waals surface area (Å²) in [5, 5.41) is 1.65. The second-order valence-electron chi connectivity index (χ2n) is 3.89. The lowest BCUT2D eigenvalue weighted by molar-refractivity contribution is 0.628. The fourth-order valence-corrected chi connectivity index (χ4v) is 2.16. The number of nitrogens with one attached hydrogen (secondary N) is 1. The average molecular weight is 246 g/mol. The highest BCUT2D eigenvalue weighted by Crippen LogP contribution is 2.29. The van der Waals surface area contributed by atoms with Gasteiger partial charge in [0.1, 0.15) is 5.82 Å². The quantitative estimate of drug-likeness (QED) is 0.644. The minimum absolute atomic E-state index is 0.243. The lowest BCUT2D eigenvalue weighted by Crippen LogP contribution is -1.78. The number of rotatable bonds is 1. The summed E-state index contributed by atoms with van der Waals surface area (Å²) in [6, 6.07) is 14.1. The Balaban J connectivity index is 2.22. The van der Waals surface area contributed by atoms with Crippen LogP contribution in [0.15, 0.2) is 48.5 Å². The second-order valence-corrected chi connectivity index (χ2v) is 4.30. The minimum Gasteiger partial charge on any atom is -0.354 e. The number of benzene rings is 2. The molecule has 0 fully saturated rings. The maximum Gasteiger partial charge on any atom is 0.123 e. The van der Waals surface area contributed by atoms with Crippen LogP contribution >= 0.6 is 11.6 Å². The molecule has 0 bridgehead atoms. The molecular formula is C14H9ClFN. The number of hydrogen-bond donors (Lipinski definition) is 1. The summed E-state index contributed by atoms with van der Waals surface area (Å²) in [5.41, 5.74) is 2.64. The zero-order chi connectivity index (χ0) is 11.8. The fraction of sp³-hybridized carbons (Fsp3) is 0. The Morgan fingerprint density at radius 2 is 1.82 bits per heavy atom. The molecule has 3 heteroatoms. The molecule has 17 heavy (non-hydrogen) atoms. The topological polar surface area (TPSA) is 15.8 Å². The fourth-order valence-electron chi connectivity index (χ4n) is 1.93. The maximum atomic E-state index is 13.1. The van der Waals surface area contributed by atoms with E-state index < -0.39 is 0 Å². The molecule has 0 aliphatic heterocycles. The van der Waals surface area contributed by atoms with Crippen molar-refractivity contribution in [3.63, 3.8) is 0 Å². The van der Waals surface area contributed by atoms with E-state index in [0.717, 1.165) is 22.2 Å². The Hall–Kier alpha value is -1.80. The number of hydrogen-bond acceptors (Lipinski definition) is 0. The summed E-state index contributed by atoms with van der Waals surface area (Å²) < 4.78 is 13.1. The van der Waals surface area contributed by atoms with Gasteiger partial charge in [0.05, 0.1) is 0 Å². The third-order valence-electron chi connectivity index (χ3n) is 2.75. The Bertz CT molecular complexity index is 688. The number of fused-ring (bicyclic) bond motifs is 1. The lowest BCUT2D eigenvalue weighted by atomic mass is 10.1. The Kier molecular flexibility index (Phi) is 2.37. The van der Waals surface area contributed by atoms with E-state index in [1.54, 1.807) is 6.07 Å². The first-order chi connectivity index (χ1) is 8.24. The van der Waals surface area contributed by atoms with E-state index in [1.165, 1.54) is 12.1 Å². The van der Waals surface area contributed by atoms with Gasteiger partial charge in [0, 0.05) is 27.2 Å². The van der Waals surface area contributed by atoms with Crippen LogP contribution in [0, 0.1) is 5.82 Å². The highest BCUT2D eigenvalue weighted by atomic mass is 35.5. The third-order valence-corrected chi connectivity index (χ3v) is 3.08. The molecular weight excluding hydrogens is 237 g/mol. The first kappa shape index (κ1) is 10.4. The average Bonchev–Trinajstić information content (AvgIpc) is 2.74. The third kappa shape index (κ3) is 1.81. The van der Waals surface area contributed by atoms with E-state index in [0.29, 0.717) is 5.02 Å². The van der Waals surface area contributed by atoms with E-state index in [4.69, 9.17) is 11.6 Å². The Morgan fingerprint density at radius 1 is 1.00 bits per heavy atom. The molecule has 3 rings (SSSR count). The van der Waals surface area contributed by atoms with Gasteiger partial charge in [0.2, 0.25) is 0 Å². The summed E-state index contributed by atoms with van der Waals surface area (Å²) >= 11 is 6.10. The van der Waals surface area contributed by atoms with E-state index >= 15 is 0 Å². The molecule has 2 aromatic carbocycles. The number of H-pyrrole nitrogens is 1. The molecule has 1 nitrogen and oxygen atoms in total. The van der Waals surface area contributed by atoms with Crippen molar-refractivity contribution in [2.75, 3.05) is 0 Å². The molecule has 0 amide bonds. The molecule has 1 aromatic heterocycles. The monoisotopic (exact) mass is 245 g/mol. The van der Waals surface area contributed by atoms with Crippen LogP contribution in [-0.4, -0.2) is 4.98 Å². The molecule has 0 spiro atoms. The van der Waals surface area contributed by atoms with Gasteiger partial charge in [-0.15, -0.1) is 0 Å². The van der Waals surface area contributed by atoms with Gasteiger partial charge in [-0.2, -0.15) is 0 Å². The van der Waals surface area contributed by atoms with Crippen molar-refractivity contribution in [1.29, 1.82) is 0 Å². The SMILES string of the molecule is Fc1cccc(-c2cc3c(Cl)cccc3[nH]2)c1. The summed E-state index contributed by atoms with van der Waals surface area (Å²) in [7, 11) is 0. The van der Waals surface area contributed by atoms with Gasteiger partial charge >= 0.3 is 0 Å². The number of aromatic amines is 1. The molecule has 0 radical (unpaired) electrons. The largest absolute Gasteiger partial charge is 0.354 e. The van der Waals surface area contributed by atoms with E-state index in [1.807, 2.05) is 30.3 Å². The molecule has 0 saturated heterocycles. The van der Waals surface area contributed by atoms with Crippen molar-refractivity contribution >= 4 is 22.5 Å². The van der Waals surface area contributed by atoms with Crippen LogP contribution in [-0.2, 0) is 0 Å². The Morgan fingerprint density at radius 3 is 2.59 bits per heavy atom. The van der Waals surface area contributed by atoms with Gasteiger partial charge in [-0.3, -0.25) is 0 Å². The van der Waals surface area contributed by atoms with Crippen LogP contribution in [0.1, 0.15) is 0 Å². The van der Waals surface area contributed by atoms with Gasteiger partial charge in [-0.25, -0.2) is 4.39 Å². The van der Waals surface area contributed by atoms with Crippen molar-refractivity contribution in [1.82, 2.24) is 4.98 Å². The zero-order valence-electron chi connectivity index (χ0n) is 8.87. The highest BCUT2D eigenvalue weighted by Gasteiger charge is 2.06. The first-order valence-electron chi connectivity index (χ1n) is 5.27. The van der Waals surface area contributed by atoms with Gasteiger partial charge < -0.3 is 4.98 Å². The summed E-state index contributed by atoms with van der Waals surface area (Å²) in [6.45, 7) is 0. The molecule has 3 aromatic rings. The van der Waals surface area contributed by atoms with Crippen molar-refractivity contribution in [3.05, 3.63) is 59.4 Å². The minimum atomic E-state index is -0.243. The summed E-state index contributed by atoms with van der Waals surface area (Å²) in [4.78, 5) is 3.23. The molecule has 1 heterocycles. The Labute approximate surface area is 103 Å². The summed E-state index contributed by atoms with van der Waals surface area (Å²) in [5.74, 6) is -0.243. The summed E-state index contributed by atoms with van der Waals surface area (Å²) in [6.07, 6.45) is 0.